The van der Waals surface area contributed by atoms with E-state index in [1.807, 2.05) is 6.07 Å². The summed E-state index contributed by atoms with van der Waals surface area (Å²) in [5, 5.41) is 9.29. The molecule has 1 heterocycles. The number of nitrogens with zero attached hydrogens (tertiary/aromatic N) is 2. The minimum Gasteiger partial charge on any atom is -0.480 e. The maximum Gasteiger partial charge on any atom is 0.326 e. The van der Waals surface area contributed by atoms with Crippen LogP contribution in [0.4, 0.5) is 13.6 Å². The number of halogens is 2. The molecule has 0 radical (unpaired) electrons. The Morgan fingerprint density at radius 2 is 2.00 bits per heavy atom. The Bertz CT molecular complexity index is 551. The molecule has 2 amide bonds. The van der Waals surface area contributed by atoms with E-state index in [1.54, 1.807) is 18.2 Å². The number of urea groups is 1. The lowest BCUT2D eigenvalue weighted by atomic mass is 9.94. The zero-order valence-corrected chi connectivity index (χ0v) is 11.5. The molecule has 1 atom stereocenters. The number of alkyl halides is 2. The highest BCUT2D eigenvalue weighted by Gasteiger charge is 2.36. The number of carbonyl (C=O) groups is 2. The van der Waals surface area contributed by atoms with Crippen molar-refractivity contribution >= 4 is 12.0 Å². The number of amides is 2. The quantitative estimate of drug-likeness (QED) is 0.926. The molecule has 0 saturated carbocycles. The number of rotatable bonds is 3. The summed E-state index contributed by atoms with van der Waals surface area (Å²) in [5.74, 6) is -1.14. The summed E-state index contributed by atoms with van der Waals surface area (Å²) in [5.41, 5.74) is 1.71. The van der Waals surface area contributed by atoms with E-state index in [9.17, 15) is 23.5 Å². The molecular formula is C14H16F2N2O3. The minimum absolute atomic E-state index is 0.111. The van der Waals surface area contributed by atoms with Gasteiger partial charge in [-0.2, -0.15) is 0 Å². The lowest BCUT2D eigenvalue weighted by Gasteiger charge is -2.36. The molecule has 5 nitrogen and oxygen atoms in total. The monoisotopic (exact) mass is 298 g/mol. The maximum absolute atomic E-state index is 12.4. The Morgan fingerprint density at radius 1 is 1.38 bits per heavy atom. The van der Waals surface area contributed by atoms with Crippen LogP contribution in [-0.4, -0.2) is 53.0 Å². The molecule has 2 rings (SSSR count). The molecule has 21 heavy (non-hydrogen) atoms. The van der Waals surface area contributed by atoms with Gasteiger partial charge in [0.1, 0.15) is 6.04 Å². The lowest BCUT2D eigenvalue weighted by Crippen LogP contribution is -2.53. The minimum atomic E-state index is -2.65. The van der Waals surface area contributed by atoms with Crippen molar-refractivity contribution in [1.29, 1.82) is 0 Å². The largest absolute Gasteiger partial charge is 0.480 e. The van der Waals surface area contributed by atoms with E-state index >= 15 is 0 Å². The summed E-state index contributed by atoms with van der Waals surface area (Å²) in [4.78, 5) is 25.6. The van der Waals surface area contributed by atoms with Gasteiger partial charge in [0.2, 0.25) is 0 Å². The molecule has 1 aliphatic rings. The van der Waals surface area contributed by atoms with Gasteiger partial charge in [-0.25, -0.2) is 18.4 Å². The number of carbonyl (C=O) groups excluding carboxylic acids is 1. The number of benzene rings is 1. The molecule has 0 spiro atoms. The van der Waals surface area contributed by atoms with E-state index in [2.05, 4.69) is 0 Å². The predicted molar refractivity (Wildman–Crippen MR) is 71.1 cm³/mol. The normalized spacial score (nSPS) is 17.5. The first kappa shape index (κ1) is 15.2. The van der Waals surface area contributed by atoms with Crippen LogP contribution in [-0.2, 0) is 17.8 Å². The summed E-state index contributed by atoms with van der Waals surface area (Å²) in [7, 11) is 1.24. The van der Waals surface area contributed by atoms with E-state index in [4.69, 9.17) is 0 Å². The summed E-state index contributed by atoms with van der Waals surface area (Å²) in [6.07, 6.45) is -2.47. The Labute approximate surface area is 120 Å². The van der Waals surface area contributed by atoms with Crippen LogP contribution in [0, 0.1) is 0 Å². The van der Waals surface area contributed by atoms with Gasteiger partial charge in [0.15, 0.2) is 0 Å². The fraction of sp³-hybridized carbons (Fsp3) is 0.429. The summed E-state index contributed by atoms with van der Waals surface area (Å²) in [6, 6.07) is 5.49. The standard InChI is InChI=1S/C14H16F2N2O3/c1-17(8-12(15)16)14(21)18-7-10-5-3-2-4-9(10)6-11(18)13(19)20/h2-5,11-12H,6-8H2,1H3,(H,19,20)/t11-/m0/s1. The van der Waals surface area contributed by atoms with Crippen LogP contribution in [0.25, 0.3) is 0 Å². The second-order valence-corrected chi connectivity index (χ2v) is 5.01. The predicted octanol–water partition coefficient (Wildman–Crippen LogP) is 1.81. The molecule has 1 aromatic rings. The van der Waals surface area contributed by atoms with Crippen molar-refractivity contribution in [3.8, 4) is 0 Å². The number of hydrogen-bond acceptors (Lipinski definition) is 2. The first-order chi connectivity index (χ1) is 9.90. The Balaban J connectivity index is 2.24. The van der Waals surface area contributed by atoms with Crippen molar-refractivity contribution in [2.75, 3.05) is 13.6 Å². The van der Waals surface area contributed by atoms with Gasteiger partial charge in [0, 0.05) is 20.0 Å². The third-order valence-corrected chi connectivity index (χ3v) is 3.52. The number of hydrogen-bond donors (Lipinski definition) is 1. The van der Waals surface area contributed by atoms with Gasteiger partial charge in [-0.05, 0) is 11.1 Å². The number of fused-ring (bicyclic) bond motifs is 1. The van der Waals surface area contributed by atoms with Gasteiger partial charge in [-0.15, -0.1) is 0 Å². The van der Waals surface area contributed by atoms with Gasteiger partial charge in [-0.3, -0.25) is 0 Å². The van der Waals surface area contributed by atoms with Gasteiger partial charge >= 0.3 is 12.0 Å². The Kier molecular flexibility index (Phi) is 4.40. The van der Waals surface area contributed by atoms with Crippen molar-refractivity contribution in [3.63, 3.8) is 0 Å². The van der Waals surface area contributed by atoms with Crippen molar-refractivity contribution in [2.24, 2.45) is 0 Å². The summed E-state index contributed by atoms with van der Waals surface area (Å²) >= 11 is 0. The van der Waals surface area contributed by atoms with Gasteiger partial charge in [0.05, 0.1) is 6.54 Å². The van der Waals surface area contributed by atoms with Crippen LogP contribution in [0.2, 0.25) is 0 Å². The van der Waals surface area contributed by atoms with Crippen LogP contribution in [0.5, 0.6) is 0 Å². The third kappa shape index (κ3) is 3.29. The Hall–Kier alpha value is -2.18. The third-order valence-electron chi connectivity index (χ3n) is 3.52. The first-order valence-corrected chi connectivity index (χ1v) is 6.49. The van der Waals surface area contributed by atoms with E-state index in [0.29, 0.717) is 0 Å². The van der Waals surface area contributed by atoms with Gasteiger partial charge in [0.25, 0.3) is 6.43 Å². The highest BCUT2D eigenvalue weighted by atomic mass is 19.3. The zero-order chi connectivity index (χ0) is 15.6. The number of aliphatic carboxylic acids is 1. The zero-order valence-electron chi connectivity index (χ0n) is 11.5. The van der Waals surface area contributed by atoms with Gasteiger partial charge in [-0.1, -0.05) is 24.3 Å². The maximum atomic E-state index is 12.4. The van der Waals surface area contributed by atoms with E-state index in [1.165, 1.54) is 7.05 Å². The van der Waals surface area contributed by atoms with Crippen molar-refractivity contribution < 1.29 is 23.5 Å². The van der Waals surface area contributed by atoms with Crippen LogP contribution in [0.1, 0.15) is 11.1 Å². The molecule has 0 aliphatic carbocycles. The molecule has 1 N–H and O–H groups in total. The average molecular weight is 298 g/mol. The lowest BCUT2D eigenvalue weighted by molar-refractivity contribution is -0.142. The average Bonchev–Trinajstić information content (AvgIpc) is 2.44. The topological polar surface area (TPSA) is 60.9 Å². The van der Waals surface area contributed by atoms with E-state index in [0.717, 1.165) is 20.9 Å². The smallest absolute Gasteiger partial charge is 0.326 e. The summed E-state index contributed by atoms with van der Waals surface area (Å²) in [6.45, 7) is -0.608. The van der Waals surface area contributed by atoms with Crippen molar-refractivity contribution in [2.45, 2.75) is 25.4 Å². The van der Waals surface area contributed by atoms with Gasteiger partial charge < -0.3 is 14.9 Å². The van der Waals surface area contributed by atoms with E-state index < -0.39 is 31.0 Å². The SMILES string of the molecule is CN(CC(F)F)C(=O)N1Cc2ccccc2C[C@H]1C(=O)O. The van der Waals surface area contributed by atoms with Crippen molar-refractivity contribution in [3.05, 3.63) is 35.4 Å². The molecule has 114 valence electrons. The molecule has 0 fully saturated rings. The molecule has 1 aromatic carbocycles. The number of carboxylic acid groups (broad SMARTS) is 1. The molecule has 0 aromatic heterocycles. The van der Waals surface area contributed by atoms with Crippen LogP contribution in [0.3, 0.4) is 0 Å². The van der Waals surface area contributed by atoms with Crippen molar-refractivity contribution in [1.82, 2.24) is 9.80 Å². The molecule has 0 saturated heterocycles. The molecule has 7 heteroatoms. The molecular weight excluding hydrogens is 282 g/mol. The van der Waals surface area contributed by atoms with Crippen LogP contribution < -0.4 is 0 Å². The highest BCUT2D eigenvalue weighted by Crippen LogP contribution is 2.24. The summed E-state index contributed by atoms with van der Waals surface area (Å²) < 4.78 is 24.8. The van der Waals surface area contributed by atoms with Crippen LogP contribution >= 0.6 is 0 Å². The fourth-order valence-corrected chi connectivity index (χ4v) is 2.45. The number of carboxylic acids is 1. The molecule has 0 unspecified atom stereocenters. The van der Waals surface area contributed by atoms with Crippen LogP contribution in [0.15, 0.2) is 24.3 Å². The Morgan fingerprint density at radius 3 is 2.57 bits per heavy atom. The second-order valence-electron chi connectivity index (χ2n) is 5.01. The fourth-order valence-electron chi connectivity index (χ4n) is 2.45. The highest BCUT2D eigenvalue weighted by molar-refractivity contribution is 5.83. The first-order valence-electron chi connectivity index (χ1n) is 6.49. The molecule has 0 bridgehead atoms. The second kappa shape index (κ2) is 6.07. The molecule has 1 aliphatic heterocycles. The van der Waals surface area contributed by atoms with E-state index in [-0.39, 0.29) is 13.0 Å².